The Balaban J connectivity index is 1.77. The number of anilines is 1. The van der Waals surface area contributed by atoms with E-state index in [0.29, 0.717) is 17.8 Å². The Morgan fingerprint density at radius 2 is 2.09 bits per heavy atom. The fourth-order valence-corrected chi connectivity index (χ4v) is 2.70. The molecule has 0 spiro atoms. The second-order valence-corrected chi connectivity index (χ2v) is 5.84. The van der Waals surface area contributed by atoms with Gasteiger partial charge in [-0.2, -0.15) is 0 Å². The van der Waals surface area contributed by atoms with Gasteiger partial charge in [0.05, 0.1) is 6.54 Å². The summed E-state index contributed by atoms with van der Waals surface area (Å²) in [6, 6.07) is 4.35. The van der Waals surface area contributed by atoms with Gasteiger partial charge >= 0.3 is 12.0 Å². The number of carbonyl (C=O) groups is 2. The molecule has 0 atom stereocenters. The minimum Gasteiger partial charge on any atom is -0.480 e. The van der Waals surface area contributed by atoms with Gasteiger partial charge in [0.1, 0.15) is 5.82 Å². The number of carbonyl (C=O) groups excluding carboxylic acids is 1. The topological polar surface area (TPSA) is 81.7 Å². The van der Waals surface area contributed by atoms with E-state index in [1.165, 1.54) is 6.07 Å². The van der Waals surface area contributed by atoms with Crippen LogP contribution in [0.3, 0.4) is 0 Å². The number of rotatable bonds is 6. The van der Waals surface area contributed by atoms with Gasteiger partial charge in [0.2, 0.25) is 0 Å². The predicted octanol–water partition coefficient (Wildman–Crippen LogP) is 2.19. The molecule has 6 nitrogen and oxygen atoms in total. The van der Waals surface area contributed by atoms with E-state index in [2.05, 4.69) is 10.6 Å². The van der Waals surface area contributed by atoms with E-state index in [1.807, 2.05) is 11.8 Å². The molecular weight excluding hydrogens is 301 g/mol. The Kier molecular flexibility index (Phi) is 5.54. The lowest BCUT2D eigenvalue weighted by atomic mass is 9.85. The summed E-state index contributed by atoms with van der Waals surface area (Å²) in [5.41, 5.74) is 0.929. The van der Waals surface area contributed by atoms with Crippen molar-refractivity contribution in [3.05, 3.63) is 29.6 Å². The monoisotopic (exact) mass is 323 g/mol. The van der Waals surface area contributed by atoms with Crippen LogP contribution in [-0.4, -0.2) is 47.2 Å². The highest BCUT2D eigenvalue weighted by Gasteiger charge is 2.34. The third-order valence-corrected chi connectivity index (χ3v) is 4.14. The number of aliphatic carboxylic acids is 1. The first-order valence-electron chi connectivity index (χ1n) is 7.68. The molecule has 3 N–H and O–H groups in total. The number of hydrogen-bond donors (Lipinski definition) is 3. The molecule has 0 bridgehead atoms. The Morgan fingerprint density at radius 3 is 2.65 bits per heavy atom. The summed E-state index contributed by atoms with van der Waals surface area (Å²) in [5, 5.41) is 14.3. The molecule has 126 valence electrons. The SMILES string of the molecule is CCN(CC(=O)O)C1CC(NC(=O)Nc2ccc(C)c(F)c2)C1. The van der Waals surface area contributed by atoms with Gasteiger partial charge in [-0.25, -0.2) is 9.18 Å². The third-order valence-electron chi connectivity index (χ3n) is 4.14. The molecule has 0 radical (unpaired) electrons. The zero-order chi connectivity index (χ0) is 17.0. The zero-order valence-corrected chi connectivity index (χ0v) is 13.3. The summed E-state index contributed by atoms with van der Waals surface area (Å²) in [6.45, 7) is 4.26. The van der Waals surface area contributed by atoms with Crippen LogP contribution in [0.15, 0.2) is 18.2 Å². The molecule has 1 aromatic carbocycles. The van der Waals surface area contributed by atoms with Gasteiger partial charge in [0.15, 0.2) is 0 Å². The zero-order valence-electron chi connectivity index (χ0n) is 13.3. The highest BCUT2D eigenvalue weighted by molar-refractivity contribution is 5.89. The van der Waals surface area contributed by atoms with Gasteiger partial charge in [0.25, 0.3) is 0 Å². The first kappa shape index (κ1) is 17.2. The molecular formula is C16H22FN3O3. The standard InChI is InChI=1S/C16H22FN3O3/c1-3-20(9-15(21)22)13-6-12(7-13)19-16(23)18-11-5-4-10(2)14(17)8-11/h4-5,8,12-13H,3,6-7,9H2,1-2H3,(H,21,22)(H2,18,19,23). The van der Waals surface area contributed by atoms with Crippen LogP contribution in [0.4, 0.5) is 14.9 Å². The summed E-state index contributed by atoms with van der Waals surface area (Å²) in [7, 11) is 0. The average Bonchev–Trinajstić information content (AvgIpc) is 2.44. The molecule has 0 heterocycles. The molecule has 1 aliphatic carbocycles. The molecule has 0 aliphatic heterocycles. The van der Waals surface area contributed by atoms with Crippen LogP contribution in [0.25, 0.3) is 0 Å². The first-order chi connectivity index (χ1) is 10.9. The Hall–Kier alpha value is -2.15. The Bertz CT molecular complexity index is 588. The van der Waals surface area contributed by atoms with E-state index in [1.54, 1.807) is 19.1 Å². The number of benzene rings is 1. The molecule has 1 aromatic rings. The first-order valence-corrected chi connectivity index (χ1v) is 7.68. The number of carboxylic acid groups (broad SMARTS) is 1. The molecule has 7 heteroatoms. The lowest BCUT2D eigenvalue weighted by Gasteiger charge is -2.42. The van der Waals surface area contributed by atoms with Crippen LogP contribution in [0.2, 0.25) is 0 Å². The number of nitrogens with zero attached hydrogens (tertiary/aromatic N) is 1. The predicted molar refractivity (Wildman–Crippen MR) is 85.0 cm³/mol. The number of amides is 2. The summed E-state index contributed by atoms with van der Waals surface area (Å²) in [4.78, 5) is 24.5. The van der Waals surface area contributed by atoms with E-state index in [-0.39, 0.29) is 30.5 Å². The minimum atomic E-state index is -0.845. The highest BCUT2D eigenvalue weighted by Crippen LogP contribution is 2.25. The lowest BCUT2D eigenvalue weighted by molar-refractivity contribution is -0.139. The number of urea groups is 1. The molecule has 0 aromatic heterocycles. The van der Waals surface area contributed by atoms with Crippen LogP contribution >= 0.6 is 0 Å². The van der Waals surface area contributed by atoms with Crippen molar-refractivity contribution in [2.75, 3.05) is 18.4 Å². The van der Waals surface area contributed by atoms with Crippen molar-refractivity contribution in [1.82, 2.24) is 10.2 Å². The largest absolute Gasteiger partial charge is 0.480 e. The average molecular weight is 323 g/mol. The molecule has 2 amide bonds. The van der Waals surface area contributed by atoms with Crippen molar-refractivity contribution in [2.24, 2.45) is 0 Å². The lowest BCUT2D eigenvalue weighted by Crippen LogP contribution is -2.55. The van der Waals surface area contributed by atoms with Crippen molar-refractivity contribution >= 4 is 17.7 Å². The fourth-order valence-electron chi connectivity index (χ4n) is 2.70. The van der Waals surface area contributed by atoms with Crippen LogP contribution < -0.4 is 10.6 Å². The van der Waals surface area contributed by atoms with E-state index in [4.69, 9.17) is 5.11 Å². The molecule has 1 fully saturated rings. The normalized spacial score (nSPS) is 20.0. The highest BCUT2D eigenvalue weighted by atomic mass is 19.1. The van der Waals surface area contributed by atoms with Gasteiger partial charge in [-0.15, -0.1) is 0 Å². The minimum absolute atomic E-state index is 0.0122. The maximum absolute atomic E-state index is 13.4. The Morgan fingerprint density at radius 1 is 1.39 bits per heavy atom. The molecule has 1 aliphatic rings. The van der Waals surface area contributed by atoms with Crippen LogP contribution in [0, 0.1) is 12.7 Å². The maximum Gasteiger partial charge on any atom is 0.319 e. The summed E-state index contributed by atoms with van der Waals surface area (Å²) < 4.78 is 13.4. The Labute approximate surface area is 134 Å². The van der Waals surface area contributed by atoms with E-state index < -0.39 is 5.97 Å². The van der Waals surface area contributed by atoms with Crippen LogP contribution in [0.1, 0.15) is 25.3 Å². The van der Waals surface area contributed by atoms with Crippen molar-refractivity contribution < 1.29 is 19.1 Å². The molecule has 1 saturated carbocycles. The van der Waals surface area contributed by atoms with Gasteiger partial charge in [-0.05, 0) is 44.0 Å². The van der Waals surface area contributed by atoms with Crippen molar-refractivity contribution in [3.63, 3.8) is 0 Å². The van der Waals surface area contributed by atoms with Gasteiger partial charge in [-0.3, -0.25) is 9.69 Å². The third kappa shape index (κ3) is 4.66. The molecule has 0 unspecified atom stereocenters. The molecule has 23 heavy (non-hydrogen) atoms. The van der Waals surface area contributed by atoms with Crippen LogP contribution in [-0.2, 0) is 4.79 Å². The van der Waals surface area contributed by atoms with Crippen LogP contribution in [0.5, 0.6) is 0 Å². The summed E-state index contributed by atoms with van der Waals surface area (Å²) in [6.07, 6.45) is 1.44. The van der Waals surface area contributed by atoms with E-state index in [9.17, 15) is 14.0 Å². The van der Waals surface area contributed by atoms with Gasteiger partial charge in [-0.1, -0.05) is 13.0 Å². The number of nitrogens with one attached hydrogen (secondary N) is 2. The molecule has 0 saturated heterocycles. The summed E-state index contributed by atoms with van der Waals surface area (Å²) >= 11 is 0. The quantitative estimate of drug-likeness (QED) is 0.749. The number of halogens is 1. The van der Waals surface area contributed by atoms with Crippen molar-refractivity contribution in [3.8, 4) is 0 Å². The molecule has 2 rings (SSSR count). The maximum atomic E-state index is 13.4. The van der Waals surface area contributed by atoms with Gasteiger partial charge < -0.3 is 15.7 Å². The smallest absolute Gasteiger partial charge is 0.319 e. The van der Waals surface area contributed by atoms with Crippen molar-refractivity contribution in [1.29, 1.82) is 0 Å². The summed E-state index contributed by atoms with van der Waals surface area (Å²) in [5.74, 6) is -1.21. The second-order valence-electron chi connectivity index (χ2n) is 5.84. The number of likely N-dealkylation sites (N-methyl/N-ethyl adjacent to an activating group) is 1. The van der Waals surface area contributed by atoms with Crippen molar-refractivity contribution in [2.45, 2.75) is 38.8 Å². The number of aryl methyl sites for hydroxylation is 1. The van der Waals surface area contributed by atoms with E-state index >= 15 is 0 Å². The van der Waals surface area contributed by atoms with E-state index in [0.717, 1.165) is 12.8 Å². The number of hydrogen-bond acceptors (Lipinski definition) is 3. The fraction of sp³-hybridized carbons (Fsp3) is 0.500. The van der Waals surface area contributed by atoms with Gasteiger partial charge in [0, 0.05) is 17.8 Å². The second kappa shape index (κ2) is 7.41. The number of carboxylic acids is 1.